The van der Waals surface area contributed by atoms with Crippen molar-refractivity contribution in [2.45, 2.75) is 45.6 Å². The average molecular weight is 269 g/mol. The molecule has 2 unspecified atom stereocenters. The molecule has 0 saturated carbocycles. The number of nitrogens with zero attached hydrogens (tertiary/aromatic N) is 3. The predicted molar refractivity (Wildman–Crippen MR) is 71.2 cm³/mol. The van der Waals surface area contributed by atoms with Crippen LogP contribution in [0.15, 0.2) is 0 Å². The highest BCUT2D eigenvalue weighted by atomic mass is 32.1. The first kappa shape index (κ1) is 13.3. The van der Waals surface area contributed by atoms with Crippen molar-refractivity contribution in [1.29, 1.82) is 0 Å². The number of aromatic nitrogens is 2. The molecule has 5 nitrogen and oxygen atoms in total. The maximum atomic E-state index is 11.3. The van der Waals surface area contributed by atoms with Gasteiger partial charge in [0.15, 0.2) is 0 Å². The number of hydrogen-bond acceptors (Lipinski definition) is 5. The zero-order chi connectivity index (χ0) is 13.3. The van der Waals surface area contributed by atoms with Gasteiger partial charge in [-0.05, 0) is 18.8 Å². The summed E-state index contributed by atoms with van der Waals surface area (Å²) in [5.74, 6) is 0.780. The summed E-state index contributed by atoms with van der Waals surface area (Å²) in [6.07, 6.45) is 1.70. The summed E-state index contributed by atoms with van der Waals surface area (Å²) < 4.78 is 4.30. The minimum absolute atomic E-state index is 0.280. The van der Waals surface area contributed by atoms with E-state index in [2.05, 4.69) is 16.3 Å². The van der Waals surface area contributed by atoms with Crippen LogP contribution in [0.5, 0.6) is 0 Å². The van der Waals surface area contributed by atoms with Crippen molar-refractivity contribution < 1.29 is 9.90 Å². The molecule has 0 bridgehead atoms. The van der Waals surface area contributed by atoms with Crippen molar-refractivity contribution in [3.63, 3.8) is 0 Å². The van der Waals surface area contributed by atoms with Crippen molar-refractivity contribution in [1.82, 2.24) is 9.36 Å². The van der Waals surface area contributed by atoms with Gasteiger partial charge in [0.1, 0.15) is 11.9 Å². The summed E-state index contributed by atoms with van der Waals surface area (Å²) in [5, 5.41) is 10.1. The Morgan fingerprint density at radius 3 is 2.83 bits per heavy atom. The molecule has 2 heterocycles. The molecule has 1 aromatic rings. The van der Waals surface area contributed by atoms with Crippen LogP contribution in [-0.4, -0.2) is 33.0 Å². The van der Waals surface area contributed by atoms with Crippen molar-refractivity contribution in [2.75, 3.05) is 11.4 Å². The standard InChI is InChI=1S/C12H19N3O2S/c1-7(2)10-13-12(18-14-10)15-5-4-8(3)6-9(15)11(16)17/h7-9H,4-6H2,1-3H3,(H,16,17). The van der Waals surface area contributed by atoms with Gasteiger partial charge in [0, 0.05) is 24.0 Å². The lowest BCUT2D eigenvalue weighted by Crippen LogP contribution is -2.47. The lowest BCUT2D eigenvalue weighted by atomic mass is 9.93. The molecule has 18 heavy (non-hydrogen) atoms. The number of carbonyl (C=O) groups is 1. The minimum atomic E-state index is -0.761. The molecule has 1 fully saturated rings. The lowest BCUT2D eigenvalue weighted by molar-refractivity contribution is -0.139. The average Bonchev–Trinajstić information content (AvgIpc) is 2.78. The Balaban J connectivity index is 2.21. The fourth-order valence-corrected chi connectivity index (χ4v) is 3.07. The van der Waals surface area contributed by atoms with E-state index in [1.54, 1.807) is 0 Å². The van der Waals surface area contributed by atoms with Crippen LogP contribution in [0.4, 0.5) is 5.13 Å². The van der Waals surface area contributed by atoms with Crippen LogP contribution in [0.25, 0.3) is 0 Å². The van der Waals surface area contributed by atoms with E-state index in [1.165, 1.54) is 11.5 Å². The second-order valence-electron chi connectivity index (χ2n) is 5.27. The van der Waals surface area contributed by atoms with E-state index in [4.69, 9.17) is 0 Å². The highest BCUT2D eigenvalue weighted by Crippen LogP contribution is 2.30. The van der Waals surface area contributed by atoms with E-state index < -0.39 is 12.0 Å². The summed E-state index contributed by atoms with van der Waals surface area (Å²) in [6, 6.07) is -0.457. The highest BCUT2D eigenvalue weighted by Gasteiger charge is 2.33. The second kappa shape index (κ2) is 5.22. The summed E-state index contributed by atoms with van der Waals surface area (Å²) in [6.45, 7) is 6.94. The summed E-state index contributed by atoms with van der Waals surface area (Å²) >= 11 is 1.31. The topological polar surface area (TPSA) is 66.3 Å². The van der Waals surface area contributed by atoms with Crippen LogP contribution in [0.3, 0.4) is 0 Å². The van der Waals surface area contributed by atoms with Gasteiger partial charge in [-0.3, -0.25) is 0 Å². The molecule has 0 radical (unpaired) electrons. The Labute approximate surface area is 111 Å². The zero-order valence-electron chi connectivity index (χ0n) is 11.0. The van der Waals surface area contributed by atoms with Gasteiger partial charge >= 0.3 is 5.97 Å². The van der Waals surface area contributed by atoms with Gasteiger partial charge in [0.05, 0.1) is 0 Å². The van der Waals surface area contributed by atoms with Gasteiger partial charge in [-0.25, -0.2) is 9.78 Å². The van der Waals surface area contributed by atoms with Crippen molar-refractivity contribution in [2.24, 2.45) is 5.92 Å². The van der Waals surface area contributed by atoms with Crippen LogP contribution in [0.2, 0.25) is 0 Å². The van der Waals surface area contributed by atoms with E-state index in [9.17, 15) is 9.90 Å². The zero-order valence-corrected chi connectivity index (χ0v) is 11.8. The maximum absolute atomic E-state index is 11.3. The molecule has 1 N–H and O–H groups in total. The number of carboxylic acids is 1. The SMILES string of the molecule is CC1CCN(c2nc(C(C)C)ns2)C(C(=O)O)C1. The van der Waals surface area contributed by atoms with Crippen LogP contribution in [0.1, 0.15) is 45.4 Å². The molecule has 1 aliphatic rings. The van der Waals surface area contributed by atoms with Gasteiger partial charge in [-0.2, -0.15) is 4.37 Å². The summed E-state index contributed by atoms with van der Waals surface area (Å²) in [7, 11) is 0. The quantitative estimate of drug-likeness (QED) is 0.912. The molecule has 0 amide bonds. The minimum Gasteiger partial charge on any atom is -0.480 e. The highest BCUT2D eigenvalue weighted by molar-refractivity contribution is 7.09. The van der Waals surface area contributed by atoms with E-state index in [1.807, 2.05) is 18.7 Å². The van der Waals surface area contributed by atoms with E-state index in [0.717, 1.165) is 23.9 Å². The molecular formula is C12H19N3O2S. The summed E-state index contributed by atoms with van der Waals surface area (Å²) in [5.41, 5.74) is 0. The fourth-order valence-electron chi connectivity index (χ4n) is 2.18. The molecule has 2 rings (SSSR count). The van der Waals surface area contributed by atoms with Gasteiger partial charge in [-0.1, -0.05) is 20.8 Å². The normalized spacial score (nSPS) is 24.6. The van der Waals surface area contributed by atoms with Gasteiger partial charge in [0.2, 0.25) is 5.13 Å². The van der Waals surface area contributed by atoms with Crippen molar-refractivity contribution >= 4 is 22.6 Å². The van der Waals surface area contributed by atoms with E-state index in [0.29, 0.717) is 12.3 Å². The number of piperidine rings is 1. The van der Waals surface area contributed by atoms with Crippen LogP contribution in [-0.2, 0) is 4.79 Å². The van der Waals surface area contributed by atoms with Crippen LogP contribution >= 0.6 is 11.5 Å². The third-order valence-electron chi connectivity index (χ3n) is 3.34. The van der Waals surface area contributed by atoms with E-state index >= 15 is 0 Å². The molecule has 1 saturated heterocycles. The lowest BCUT2D eigenvalue weighted by Gasteiger charge is -2.35. The second-order valence-corrected chi connectivity index (χ2v) is 6.00. The molecule has 1 aromatic heterocycles. The number of aliphatic carboxylic acids is 1. The molecule has 100 valence electrons. The fraction of sp³-hybridized carbons (Fsp3) is 0.750. The predicted octanol–water partition coefficient (Wildman–Crippen LogP) is 2.35. The Bertz CT molecular complexity index is 433. The van der Waals surface area contributed by atoms with Crippen molar-refractivity contribution in [3.8, 4) is 0 Å². The maximum Gasteiger partial charge on any atom is 0.326 e. The molecule has 0 aliphatic carbocycles. The third kappa shape index (κ3) is 2.63. The Morgan fingerprint density at radius 1 is 1.56 bits per heavy atom. The summed E-state index contributed by atoms with van der Waals surface area (Å²) in [4.78, 5) is 17.7. The number of rotatable bonds is 3. The Hall–Kier alpha value is -1.17. The van der Waals surface area contributed by atoms with Gasteiger partial charge in [-0.15, -0.1) is 0 Å². The first-order valence-corrected chi connectivity index (χ1v) is 7.09. The van der Waals surface area contributed by atoms with Gasteiger partial charge < -0.3 is 10.0 Å². The van der Waals surface area contributed by atoms with Crippen molar-refractivity contribution in [3.05, 3.63) is 5.82 Å². The third-order valence-corrected chi connectivity index (χ3v) is 4.11. The van der Waals surface area contributed by atoms with Gasteiger partial charge in [0.25, 0.3) is 0 Å². The molecule has 0 spiro atoms. The Morgan fingerprint density at radius 2 is 2.28 bits per heavy atom. The molecule has 2 atom stereocenters. The molecule has 1 aliphatic heterocycles. The largest absolute Gasteiger partial charge is 0.480 e. The molecule has 0 aromatic carbocycles. The number of anilines is 1. The molecular weight excluding hydrogens is 250 g/mol. The first-order chi connectivity index (χ1) is 8.49. The molecule has 6 heteroatoms. The monoisotopic (exact) mass is 269 g/mol. The Kier molecular flexibility index (Phi) is 3.85. The number of hydrogen-bond donors (Lipinski definition) is 1. The first-order valence-electron chi connectivity index (χ1n) is 6.32. The van der Waals surface area contributed by atoms with Crippen LogP contribution in [0, 0.1) is 5.92 Å². The number of carboxylic acid groups (broad SMARTS) is 1. The smallest absolute Gasteiger partial charge is 0.326 e. The van der Waals surface area contributed by atoms with E-state index in [-0.39, 0.29) is 5.92 Å². The van der Waals surface area contributed by atoms with Crippen LogP contribution < -0.4 is 4.90 Å².